The summed E-state index contributed by atoms with van der Waals surface area (Å²) in [6.45, 7) is 2.57. The molecule has 1 aliphatic heterocycles. The molecule has 0 aliphatic carbocycles. The maximum Gasteiger partial charge on any atom is 0.227 e. The predicted octanol–water partition coefficient (Wildman–Crippen LogP) is 1.65. The van der Waals surface area contributed by atoms with Crippen molar-refractivity contribution in [2.24, 2.45) is 5.11 Å². The second kappa shape index (κ2) is 4.96. The zero-order valence-corrected chi connectivity index (χ0v) is 9.37. The molecule has 2 heterocycles. The van der Waals surface area contributed by atoms with Gasteiger partial charge in [-0.3, -0.25) is 0 Å². The average molecular weight is 236 g/mol. The molecule has 0 amide bonds. The molecule has 0 spiro atoms. The van der Waals surface area contributed by atoms with E-state index in [1.165, 1.54) is 0 Å². The summed E-state index contributed by atoms with van der Waals surface area (Å²) in [4.78, 5) is 7.62. The predicted molar refractivity (Wildman–Crippen MR) is 59.9 cm³/mol. The smallest absolute Gasteiger partial charge is 0.227 e. The summed E-state index contributed by atoms with van der Waals surface area (Å²) >= 11 is 0. The molecule has 90 valence electrons. The largest absolute Gasteiger partial charge is 0.326 e. The summed E-state index contributed by atoms with van der Waals surface area (Å²) in [5.74, 6) is -0.162. The molecule has 7 heteroatoms. The molecule has 0 fully saturated rings. The molecule has 1 aliphatic rings. The van der Waals surface area contributed by atoms with Crippen molar-refractivity contribution < 1.29 is 4.39 Å². The molecule has 3 N–H and O–H groups in total. The second-order valence-corrected chi connectivity index (χ2v) is 3.87. The highest BCUT2D eigenvalue weighted by atomic mass is 19.1. The highest BCUT2D eigenvalue weighted by Crippen LogP contribution is 2.18. The molecule has 0 unspecified atom stereocenters. The summed E-state index contributed by atoms with van der Waals surface area (Å²) in [6, 6.07) is 0.295. The van der Waals surface area contributed by atoms with Crippen molar-refractivity contribution in [2.75, 3.05) is 11.9 Å². The van der Waals surface area contributed by atoms with Crippen LogP contribution in [0.2, 0.25) is 0 Å². The first-order chi connectivity index (χ1) is 8.19. The molecule has 0 aromatic carbocycles. The van der Waals surface area contributed by atoms with Gasteiger partial charge in [-0.1, -0.05) is 0 Å². The first-order valence-electron chi connectivity index (χ1n) is 5.26. The Morgan fingerprint density at radius 2 is 2.24 bits per heavy atom. The molecule has 0 bridgehead atoms. The molecular weight excluding hydrogens is 223 g/mol. The van der Waals surface area contributed by atoms with Crippen LogP contribution in [-0.2, 0) is 0 Å². The van der Waals surface area contributed by atoms with E-state index in [0.29, 0.717) is 30.7 Å². The maximum atomic E-state index is 12.6. The fraction of sp³-hybridized carbons (Fsp3) is 0.400. The van der Waals surface area contributed by atoms with Crippen LogP contribution in [0, 0.1) is 11.3 Å². The third-order valence-electron chi connectivity index (χ3n) is 2.49. The van der Waals surface area contributed by atoms with Gasteiger partial charge in [0.2, 0.25) is 5.95 Å². The lowest BCUT2D eigenvalue weighted by atomic mass is 10.1. The monoisotopic (exact) mass is 236 g/mol. The van der Waals surface area contributed by atoms with Gasteiger partial charge in [-0.2, -0.15) is 5.11 Å². The summed E-state index contributed by atoms with van der Waals surface area (Å²) in [7, 11) is 0. The molecule has 0 radical (unpaired) electrons. The van der Waals surface area contributed by atoms with Crippen LogP contribution < -0.4 is 10.6 Å². The van der Waals surface area contributed by atoms with Gasteiger partial charge in [-0.15, -0.1) is 0 Å². The number of nitrogens with one attached hydrogen (secondary N) is 3. The van der Waals surface area contributed by atoms with Crippen LogP contribution >= 0.6 is 0 Å². The molecule has 1 atom stereocenters. The number of anilines is 1. The number of aromatic nitrogens is 2. The lowest BCUT2D eigenvalue weighted by Gasteiger charge is -2.23. The molecule has 6 nitrogen and oxygen atoms in total. The summed E-state index contributed by atoms with van der Waals surface area (Å²) in [5, 5.41) is 9.62. The van der Waals surface area contributed by atoms with Crippen LogP contribution in [-0.4, -0.2) is 22.6 Å². The van der Waals surface area contributed by atoms with E-state index in [1.807, 2.05) is 6.92 Å². The lowest BCUT2D eigenvalue weighted by molar-refractivity contribution is 0.533. The Balaban J connectivity index is 2.18. The molecule has 17 heavy (non-hydrogen) atoms. The standard InChI is InChI=1S/C10H13FN6/c1-6-2-8(9(17-12)5-13-6)16-10-14-3-7(11)4-15-10/h3-4,6,12-13H,2,5H2,1H3,(H,14,15,16)/t6-/m0/s1. The van der Waals surface area contributed by atoms with E-state index in [2.05, 4.69) is 25.7 Å². The minimum Gasteiger partial charge on any atom is -0.326 e. The van der Waals surface area contributed by atoms with Crippen molar-refractivity contribution >= 4 is 5.95 Å². The fourth-order valence-electron chi connectivity index (χ4n) is 1.62. The number of nitrogens with zero attached hydrogens (tertiary/aromatic N) is 3. The Morgan fingerprint density at radius 3 is 2.88 bits per heavy atom. The Morgan fingerprint density at radius 1 is 1.53 bits per heavy atom. The third-order valence-corrected chi connectivity index (χ3v) is 2.49. The lowest BCUT2D eigenvalue weighted by Crippen LogP contribution is -2.34. The van der Waals surface area contributed by atoms with E-state index in [9.17, 15) is 4.39 Å². The van der Waals surface area contributed by atoms with E-state index in [4.69, 9.17) is 5.53 Å². The first kappa shape index (κ1) is 11.6. The Kier molecular flexibility index (Phi) is 3.38. The Hall–Kier alpha value is -1.89. The summed E-state index contributed by atoms with van der Waals surface area (Å²) in [6.07, 6.45) is 2.90. The Bertz CT molecular complexity index is 441. The van der Waals surface area contributed by atoms with Gasteiger partial charge in [-0.05, 0) is 6.92 Å². The number of hydrogen-bond donors (Lipinski definition) is 3. The quantitative estimate of drug-likeness (QED) is 0.696. The van der Waals surface area contributed by atoms with Crippen molar-refractivity contribution in [2.45, 2.75) is 19.4 Å². The van der Waals surface area contributed by atoms with Gasteiger partial charge in [0, 0.05) is 24.7 Å². The van der Waals surface area contributed by atoms with Crippen LogP contribution in [0.25, 0.3) is 0 Å². The van der Waals surface area contributed by atoms with Crippen LogP contribution in [0.15, 0.2) is 28.9 Å². The van der Waals surface area contributed by atoms with Crippen molar-refractivity contribution in [1.29, 1.82) is 5.53 Å². The van der Waals surface area contributed by atoms with Crippen molar-refractivity contribution in [3.8, 4) is 0 Å². The van der Waals surface area contributed by atoms with E-state index in [-0.39, 0.29) is 0 Å². The van der Waals surface area contributed by atoms with Crippen LogP contribution in [0.1, 0.15) is 13.3 Å². The fourth-order valence-corrected chi connectivity index (χ4v) is 1.62. The van der Waals surface area contributed by atoms with Gasteiger partial charge in [0.15, 0.2) is 5.82 Å². The highest BCUT2D eigenvalue weighted by Gasteiger charge is 2.17. The van der Waals surface area contributed by atoms with Crippen LogP contribution in [0.4, 0.5) is 10.3 Å². The Labute approximate surface area is 97.9 Å². The van der Waals surface area contributed by atoms with Gasteiger partial charge < -0.3 is 10.6 Å². The van der Waals surface area contributed by atoms with E-state index >= 15 is 0 Å². The van der Waals surface area contributed by atoms with Crippen molar-refractivity contribution in [1.82, 2.24) is 15.3 Å². The van der Waals surface area contributed by atoms with E-state index in [0.717, 1.165) is 18.1 Å². The third kappa shape index (κ3) is 2.82. The van der Waals surface area contributed by atoms with Gasteiger partial charge in [0.25, 0.3) is 0 Å². The molecule has 1 aromatic heterocycles. The molecular formula is C10H13FN6. The molecule has 0 saturated carbocycles. The highest BCUT2D eigenvalue weighted by molar-refractivity contribution is 5.37. The normalized spacial score (nSPS) is 20.2. The first-order valence-corrected chi connectivity index (χ1v) is 5.26. The molecule has 2 rings (SSSR count). The number of rotatable bonds is 3. The van der Waals surface area contributed by atoms with E-state index in [1.54, 1.807) is 0 Å². The SMILES string of the molecule is C[C@H]1CC(Nc2ncc(F)cn2)=C(N=N)CN1. The van der Waals surface area contributed by atoms with Gasteiger partial charge in [0.1, 0.15) is 0 Å². The molecule has 0 saturated heterocycles. The van der Waals surface area contributed by atoms with Crippen molar-refractivity contribution in [3.05, 3.63) is 29.6 Å². The van der Waals surface area contributed by atoms with Gasteiger partial charge in [-0.25, -0.2) is 19.9 Å². The van der Waals surface area contributed by atoms with Gasteiger partial charge in [0.05, 0.1) is 18.1 Å². The maximum absolute atomic E-state index is 12.6. The second-order valence-electron chi connectivity index (χ2n) is 3.87. The van der Waals surface area contributed by atoms with Crippen LogP contribution in [0.5, 0.6) is 0 Å². The van der Waals surface area contributed by atoms with Gasteiger partial charge >= 0.3 is 0 Å². The number of hydrogen-bond acceptors (Lipinski definition) is 6. The minimum absolute atomic E-state index is 0.295. The zero-order valence-electron chi connectivity index (χ0n) is 9.37. The number of halogens is 1. The molecule has 1 aromatic rings. The topological polar surface area (TPSA) is 86.1 Å². The minimum atomic E-state index is -0.478. The zero-order chi connectivity index (χ0) is 12.3. The van der Waals surface area contributed by atoms with Crippen molar-refractivity contribution in [3.63, 3.8) is 0 Å². The van der Waals surface area contributed by atoms with Crippen LogP contribution in [0.3, 0.4) is 0 Å². The summed E-state index contributed by atoms with van der Waals surface area (Å²) in [5.41, 5.74) is 8.50. The summed E-state index contributed by atoms with van der Waals surface area (Å²) < 4.78 is 12.6. The average Bonchev–Trinajstić information content (AvgIpc) is 2.32. The van der Waals surface area contributed by atoms with E-state index < -0.39 is 5.82 Å².